The average Bonchev–Trinajstić information content (AvgIpc) is 3.31. The van der Waals surface area contributed by atoms with Crippen LogP contribution in [0.3, 0.4) is 0 Å². The third-order valence-corrected chi connectivity index (χ3v) is 5.55. The minimum atomic E-state index is -0.293. The lowest BCUT2D eigenvalue weighted by Crippen LogP contribution is -2.36. The molecular weight excluding hydrogens is 362 g/mol. The van der Waals surface area contributed by atoms with Gasteiger partial charge in [-0.05, 0) is 30.3 Å². The van der Waals surface area contributed by atoms with Crippen molar-refractivity contribution in [1.82, 2.24) is 4.98 Å². The van der Waals surface area contributed by atoms with Gasteiger partial charge in [0.05, 0.1) is 23.4 Å². The second kappa shape index (κ2) is 6.68. The Kier molecular flexibility index (Phi) is 4.03. The van der Waals surface area contributed by atoms with Crippen LogP contribution in [-0.2, 0) is 4.74 Å². The van der Waals surface area contributed by atoms with E-state index in [0.29, 0.717) is 10.7 Å². The molecule has 6 nitrogen and oxygen atoms in total. The molecule has 0 atom stereocenters. The maximum absolute atomic E-state index is 12.5. The zero-order valence-corrected chi connectivity index (χ0v) is 15.3. The number of carbonyl (C=O) groups excluding carboxylic acids is 1. The van der Waals surface area contributed by atoms with Crippen LogP contribution in [0, 0.1) is 0 Å². The first-order valence-corrected chi connectivity index (χ1v) is 9.61. The highest BCUT2D eigenvalue weighted by Crippen LogP contribution is 2.30. The van der Waals surface area contributed by atoms with Crippen molar-refractivity contribution < 1.29 is 13.9 Å². The standard InChI is InChI=1S/C20H17N3O3S/c24-19(17-11-13-3-1-2-4-16(13)26-17)22-20-21-15-6-5-14(12-18(15)27-20)23-7-9-25-10-8-23/h1-6,11-12H,7-10H2,(H,21,22,24). The highest BCUT2D eigenvalue weighted by atomic mass is 32.1. The molecule has 0 radical (unpaired) electrons. The van der Waals surface area contributed by atoms with Crippen molar-refractivity contribution in [3.05, 3.63) is 54.3 Å². The van der Waals surface area contributed by atoms with E-state index in [1.54, 1.807) is 6.07 Å². The van der Waals surface area contributed by atoms with Gasteiger partial charge in [-0.25, -0.2) is 4.98 Å². The number of para-hydroxylation sites is 1. The molecule has 1 aliphatic rings. The van der Waals surface area contributed by atoms with Crippen LogP contribution in [0.25, 0.3) is 21.2 Å². The van der Waals surface area contributed by atoms with Gasteiger partial charge in [0, 0.05) is 24.2 Å². The molecule has 0 spiro atoms. The normalized spacial score (nSPS) is 14.7. The molecule has 2 aromatic heterocycles. The van der Waals surface area contributed by atoms with Crippen molar-refractivity contribution in [3.63, 3.8) is 0 Å². The minimum Gasteiger partial charge on any atom is -0.451 e. The molecule has 1 saturated heterocycles. The van der Waals surface area contributed by atoms with Crippen molar-refractivity contribution in [3.8, 4) is 0 Å². The molecule has 0 unspecified atom stereocenters. The highest BCUT2D eigenvalue weighted by molar-refractivity contribution is 7.22. The molecule has 7 heteroatoms. The van der Waals surface area contributed by atoms with Gasteiger partial charge < -0.3 is 14.1 Å². The molecule has 1 aliphatic heterocycles. The Morgan fingerprint density at radius 3 is 2.81 bits per heavy atom. The van der Waals surface area contributed by atoms with Crippen LogP contribution in [0.4, 0.5) is 10.8 Å². The van der Waals surface area contributed by atoms with Gasteiger partial charge in [0.2, 0.25) is 0 Å². The number of amides is 1. The number of benzene rings is 2. The summed E-state index contributed by atoms with van der Waals surface area (Å²) in [6.07, 6.45) is 0. The number of furan rings is 1. The summed E-state index contributed by atoms with van der Waals surface area (Å²) in [7, 11) is 0. The Hall–Kier alpha value is -2.90. The van der Waals surface area contributed by atoms with Crippen LogP contribution in [0.15, 0.2) is 52.9 Å². The minimum absolute atomic E-state index is 0.282. The molecule has 0 bridgehead atoms. The fourth-order valence-electron chi connectivity index (χ4n) is 3.24. The number of thiazole rings is 1. The lowest BCUT2D eigenvalue weighted by Gasteiger charge is -2.28. The number of rotatable bonds is 3. The quantitative estimate of drug-likeness (QED) is 0.580. The van der Waals surface area contributed by atoms with Crippen molar-refractivity contribution in [2.24, 2.45) is 0 Å². The van der Waals surface area contributed by atoms with Crippen molar-refractivity contribution >= 4 is 49.2 Å². The number of fused-ring (bicyclic) bond motifs is 2. The van der Waals surface area contributed by atoms with E-state index in [1.807, 2.05) is 30.3 Å². The van der Waals surface area contributed by atoms with Crippen LogP contribution < -0.4 is 10.2 Å². The fraction of sp³-hybridized carbons (Fsp3) is 0.200. The number of hydrogen-bond acceptors (Lipinski definition) is 6. The molecule has 1 fully saturated rings. The van der Waals surface area contributed by atoms with E-state index in [4.69, 9.17) is 9.15 Å². The molecule has 1 N–H and O–H groups in total. The summed E-state index contributed by atoms with van der Waals surface area (Å²) in [6, 6.07) is 15.5. The number of ether oxygens (including phenoxy) is 1. The van der Waals surface area contributed by atoms with E-state index >= 15 is 0 Å². The van der Waals surface area contributed by atoms with Crippen molar-refractivity contribution in [2.75, 3.05) is 36.5 Å². The predicted octanol–water partition coefficient (Wildman–Crippen LogP) is 4.13. The van der Waals surface area contributed by atoms with E-state index in [9.17, 15) is 4.79 Å². The van der Waals surface area contributed by atoms with Crippen molar-refractivity contribution in [1.29, 1.82) is 0 Å². The second-order valence-electron chi connectivity index (χ2n) is 6.37. The van der Waals surface area contributed by atoms with E-state index in [-0.39, 0.29) is 11.7 Å². The van der Waals surface area contributed by atoms with Gasteiger partial charge >= 0.3 is 0 Å². The van der Waals surface area contributed by atoms with Gasteiger partial charge in [-0.2, -0.15) is 0 Å². The number of aromatic nitrogens is 1. The van der Waals surface area contributed by atoms with Crippen LogP contribution >= 0.6 is 11.3 Å². The maximum Gasteiger partial charge on any atom is 0.293 e. The van der Waals surface area contributed by atoms with E-state index in [1.165, 1.54) is 11.3 Å². The van der Waals surface area contributed by atoms with E-state index < -0.39 is 0 Å². The van der Waals surface area contributed by atoms with Crippen LogP contribution in [-0.4, -0.2) is 37.2 Å². The van der Waals surface area contributed by atoms with Crippen LogP contribution in [0.5, 0.6) is 0 Å². The molecule has 27 heavy (non-hydrogen) atoms. The first kappa shape index (κ1) is 16.3. The smallest absolute Gasteiger partial charge is 0.293 e. The Labute approximate surface area is 159 Å². The topological polar surface area (TPSA) is 67.6 Å². The second-order valence-corrected chi connectivity index (χ2v) is 7.40. The molecule has 5 rings (SSSR count). The Morgan fingerprint density at radius 1 is 1.11 bits per heavy atom. The summed E-state index contributed by atoms with van der Waals surface area (Å²) in [5.74, 6) is -0.0110. The van der Waals surface area contributed by atoms with Crippen LogP contribution in [0.2, 0.25) is 0 Å². The van der Waals surface area contributed by atoms with Gasteiger partial charge in [0.15, 0.2) is 10.9 Å². The molecular formula is C20H17N3O3S. The number of morpholine rings is 1. The predicted molar refractivity (Wildman–Crippen MR) is 107 cm³/mol. The highest BCUT2D eigenvalue weighted by Gasteiger charge is 2.16. The van der Waals surface area contributed by atoms with Gasteiger partial charge in [-0.1, -0.05) is 29.5 Å². The Bertz CT molecular complexity index is 1090. The van der Waals surface area contributed by atoms with Crippen LogP contribution in [0.1, 0.15) is 10.6 Å². The number of nitrogens with zero attached hydrogens (tertiary/aromatic N) is 2. The summed E-state index contributed by atoms with van der Waals surface area (Å²) >= 11 is 1.46. The molecule has 0 aliphatic carbocycles. The summed E-state index contributed by atoms with van der Waals surface area (Å²) < 4.78 is 12.1. The zero-order chi connectivity index (χ0) is 18.2. The molecule has 136 valence electrons. The molecule has 4 aromatic rings. The van der Waals surface area contributed by atoms with E-state index in [2.05, 4.69) is 27.3 Å². The number of nitrogens with one attached hydrogen (secondary N) is 1. The van der Waals surface area contributed by atoms with Gasteiger partial charge in [0.25, 0.3) is 5.91 Å². The van der Waals surface area contributed by atoms with Crippen molar-refractivity contribution in [2.45, 2.75) is 0 Å². The fourth-order valence-corrected chi connectivity index (χ4v) is 4.13. The Balaban J connectivity index is 1.38. The van der Waals surface area contributed by atoms with Gasteiger partial charge in [0.1, 0.15) is 5.58 Å². The van der Waals surface area contributed by atoms with E-state index in [0.717, 1.165) is 47.6 Å². The van der Waals surface area contributed by atoms with Gasteiger partial charge in [-0.3, -0.25) is 10.1 Å². The summed E-state index contributed by atoms with van der Waals surface area (Å²) in [5, 5.41) is 4.32. The summed E-state index contributed by atoms with van der Waals surface area (Å²) in [4.78, 5) is 19.3. The summed E-state index contributed by atoms with van der Waals surface area (Å²) in [6.45, 7) is 3.28. The number of hydrogen-bond donors (Lipinski definition) is 1. The largest absolute Gasteiger partial charge is 0.451 e. The maximum atomic E-state index is 12.5. The molecule has 1 amide bonds. The third-order valence-electron chi connectivity index (χ3n) is 4.62. The SMILES string of the molecule is O=C(Nc1nc2ccc(N3CCOCC3)cc2s1)c1cc2ccccc2o1. The monoisotopic (exact) mass is 379 g/mol. The molecule has 2 aromatic carbocycles. The number of carbonyl (C=O) groups is 1. The summed E-state index contributed by atoms with van der Waals surface area (Å²) in [5.41, 5.74) is 2.73. The van der Waals surface area contributed by atoms with Gasteiger partial charge in [-0.15, -0.1) is 0 Å². The Morgan fingerprint density at radius 2 is 1.96 bits per heavy atom. The first-order valence-electron chi connectivity index (χ1n) is 8.79. The average molecular weight is 379 g/mol. The zero-order valence-electron chi connectivity index (χ0n) is 14.5. The first-order chi connectivity index (χ1) is 13.3. The number of anilines is 2. The molecule has 3 heterocycles. The lowest BCUT2D eigenvalue weighted by molar-refractivity contribution is 0.0998. The molecule has 0 saturated carbocycles. The lowest BCUT2D eigenvalue weighted by atomic mass is 10.2. The third kappa shape index (κ3) is 3.15.